The molecule has 0 aliphatic carbocycles. The average molecular weight is 453 g/mol. The zero-order chi connectivity index (χ0) is 23.3. The molecular formula is C27H28N6O. The fraction of sp³-hybridized carbons (Fsp3) is 0.259. The molecule has 1 unspecified atom stereocenters. The molecule has 1 atom stereocenters. The normalized spacial score (nSPS) is 12.2. The van der Waals surface area contributed by atoms with Gasteiger partial charge < -0.3 is 9.32 Å². The van der Waals surface area contributed by atoms with Crippen molar-refractivity contribution in [1.82, 2.24) is 25.6 Å². The average Bonchev–Trinajstić information content (AvgIpc) is 3.57. The van der Waals surface area contributed by atoms with E-state index in [9.17, 15) is 0 Å². The van der Waals surface area contributed by atoms with Crippen molar-refractivity contribution >= 4 is 17.1 Å². The summed E-state index contributed by atoms with van der Waals surface area (Å²) in [7, 11) is 0. The van der Waals surface area contributed by atoms with Gasteiger partial charge in [-0.25, -0.2) is 0 Å². The minimum Gasteiger partial charge on any atom is -0.423 e. The topological polar surface area (TPSA) is 83.7 Å². The molecule has 7 nitrogen and oxygen atoms in total. The molecule has 0 spiro atoms. The van der Waals surface area contributed by atoms with E-state index in [4.69, 9.17) is 9.40 Å². The fourth-order valence-corrected chi connectivity index (χ4v) is 4.42. The van der Waals surface area contributed by atoms with Gasteiger partial charge in [0.05, 0.1) is 6.04 Å². The number of H-pyrrole nitrogens is 1. The van der Waals surface area contributed by atoms with Crippen molar-refractivity contribution in [2.75, 3.05) is 11.4 Å². The first kappa shape index (κ1) is 21.8. The molecule has 34 heavy (non-hydrogen) atoms. The van der Waals surface area contributed by atoms with E-state index in [2.05, 4.69) is 69.7 Å². The highest BCUT2D eigenvalue weighted by atomic mass is 16.4. The quantitative estimate of drug-likeness (QED) is 0.277. The van der Waals surface area contributed by atoms with Crippen LogP contribution in [0.1, 0.15) is 44.7 Å². The van der Waals surface area contributed by atoms with Crippen LogP contribution in [0.15, 0.2) is 77.2 Å². The summed E-state index contributed by atoms with van der Waals surface area (Å²) in [6.07, 6.45) is 3.13. The van der Waals surface area contributed by atoms with Gasteiger partial charge in [-0.2, -0.15) is 10.2 Å². The van der Waals surface area contributed by atoms with Crippen LogP contribution in [0.25, 0.3) is 33.6 Å². The Morgan fingerprint density at radius 3 is 2.38 bits per heavy atom. The smallest absolute Gasteiger partial charge is 0.298 e. The highest BCUT2D eigenvalue weighted by Crippen LogP contribution is 2.34. The number of oxazole rings is 1. The van der Waals surface area contributed by atoms with Crippen LogP contribution in [0, 0.1) is 0 Å². The third kappa shape index (κ3) is 4.29. The molecule has 0 amide bonds. The third-order valence-corrected chi connectivity index (χ3v) is 6.16. The highest BCUT2D eigenvalue weighted by molar-refractivity contribution is 5.80. The van der Waals surface area contributed by atoms with E-state index >= 15 is 0 Å². The number of unbranched alkanes of at least 4 members (excludes halogenated alkanes) is 1. The first-order valence-electron chi connectivity index (χ1n) is 11.8. The lowest BCUT2D eigenvalue weighted by molar-refractivity contribution is 0.500. The Morgan fingerprint density at radius 1 is 0.912 bits per heavy atom. The largest absolute Gasteiger partial charge is 0.423 e. The predicted octanol–water partition coefficient (Wildman–Crippen LogP) is 6.43. The van der Waals surface area contributed by atoms with Crippen LogP contribution in [0.4, 0.5) is 6.01 Å². The first-order chi connectivity index (χ1) is 16.8. The second kappa shape index (κ2) is 9.87. The van der Waals surface area contributed by atoms with Crippen LogP contribution >= 0.6 is 0 Å². The van der Waals surface area contributed by atoms with E-state index < -0.39 is 0 Å². The van der Waals surface area contributed by atoms with Gasteiger partial charge in [0.15, 0.2) is 5.58 Å². The van der Waals surface area contributed by atoms with Crippen LogP contribution < -0.4 is 4.90 Å². The fourth-order valence-electron chi connectivity index (χ4n) is 4.42. The van der Waals surface area contributed by atoms with Gasteiger partial charge in [-0.3, -0.25) is 0 Å². The number of aromatic nitrogens is 5. The lowest BCUT2D eigenvalue weighted by Crippen LogP contribution is -2.29. The van der Waals surface area contributed by atoms with Crippen molar-refractivity contribution in [3.63, 3.8) is 0 Å². The third-order valence-electron chi connectivity index (χ3n) is 6.16. The zero-order valence-corrected chi connectivity index (χ0v) is 19.5. The Labute approximate surface area is 198 Å². The number of hydrogen-bond donors (Lipinski definition) is 1. The Kier molecular flexibility index (Phi) is 6.33. The monoisotopic (exact) mass is 452 g/mol. The number of para-hydroxylation sites is 2. The number of nitrogens with one attached hydrogen (secondary N) is 1. The summed E-state index contributed by atoms with van der Waals surface area (Å²) >= 11 is 0. The minimum atomic E-state index is 0.168. The van der Waals surface area contributed by atoms with E-state index in [0.29, 0.717) is 11.8 Å². The summed E-state index contributed by atoms with van der Waals surface area (Å²) in [5.41, 5.74) is 6.09. The van der Waals surface area contributed by atoms with E-state index in [1.54, 1.807) is 0 Å². The van der Waals surface area contributed by atoms with Crippen molar-refractivity contribution in [1.29, 1.82) is 0 Å². The highest BCUT2D eigenvalue weighted by Gasteiger charge is 2.23. The molecule has 5 aromatic rings. The zero-order valence-electron chi connectivity index (χ0n) is 19.5. The SMILES string of the molecule is CCCCN(c1nc2ccccc2o1)C(CC)c1ccc(-c2ccccc2-c2nn[nH]n2)cc1. The molecule has 0 saturated heterocycles. The van der Waals surface area contributed by atoms with Gasteiger partial charge >= 0.3 is 0 Å². The van der Waals surface area contributed by atoms with Crippen LogP contribution in [0.2, 0.25) is 0 Å². The van der Waals surface area contributed by atoms with Gasteiger partial charge in [0.25, 0.3) is 6.01 Å². The summed E-state index contributed by atoms with van der Waals surface area (Å²) < 4.78 is 6.17. The maximum absolute atomic E-state index is 6.17. The minimum absolute atomic E-state index is 0.168. The van der Waals surface area contributed by atoms with Gasteiger partial charge in [-0.1, -0.05) is 80.9 Å². The molecule has 0 radical (unpaired) electrons. The molecule has 0 fully saturated rings. The van der Waals surface area contributed by atoms with Crippen molar-refractivity contribution < 1.29 is 4.42 Å². The summed E-state index contributed by atoms with van der Waals surface area (Å²) in [5, 5.41) is 14.6. The van der Waals surface area contributed by atoms with Crippen LogP contribution in [0.5, 0.6) is 0 Å². The number of aromatic amines is 1. The Balaban J connectivity index is 1.48. The first-order valence-corrected chi connectivity index (χ1v) is 11.8. The van der Waals surface area contributed by atoms with E-state index in [0.717, 1.165) is 53.6 Å². The molecule has 0 aliphatic rings. The second-order valence-corrected chi connectivity index (χ2v) is 8.34. The lowest BCUT2D eigenvalue weighted by atomic mass is 9.95. The Morgan fingerprint density at radius 2 is 1.68 bits per heavy atom. The van der Waals surface area contributed by atoms with E-state index in [1.165, 1.54) is 5.56 Å². The van der Waals surface area contributed by atoms with Crippen molar-refractivity contribution in [2.45, 2.75) is 39.2 Å². The van der Waals surface area contributed by atoms with E-state index in [-0.39, 0.29) is 6.04 Å². The van der Waals surface area contributed by atoms with Crippen LogP contribution in [0.3, 0.4) is 0 Å². The van der Waals surface area contributed by atoms with Gasteiger partial charge in [0, 0.05) is 12.1 Å². The molecule has 3 aromatic carbocycles. The van der Waals surface area contributed by atoms with Gasteiger partial charge in [0.2, 0.25) is 5.82 Å². The molecular weight excluding hydrogens is 424 g/mol. The molecule has 0 bridgehead atoms. The van der Waals surface area contributed by atoms with E-state index in [1.807, 2.05) is 42.5 Å². The number of fused-ring (bicyclic) bond motifs is 1. The molecule has 0 aliphatic heterocycles. The molecule has 2 heterocycles. The number of tetrazole rings is 1. The number of rotatable bonds is 9. The molecule has 172 valence electrons. The molecule has 7 heteroatoms. The van der Waals surface area contributed by atoms with Crippen molar-refractivity contribution in [3.05, 3.63) is 78.4 Å². The van der Waals surface area contributed by atoms with Crippen LogP contribution in [-0.4, -0.2) is 32.2 Å². The summed E-state index contributed by atoms with van der Waals surface area (Å²) in [6.45, 7) is 5.32. The predicted molar refractivity (Wildman–Crippen MR) is 134 cm³/mol. The molecule has 5 rings (SSSR count). The lowest BCUT2D eigenvalue weighted by Gasteiger charge is -2.30. The summed E-state index contributed by atoms with van der Waals surface area (Å²) in [5.74, 6) is 0.591. The number of hydrogen-bond acceptors (Lipinski definition) is 6. The van der Waals surface area contributed by atoms with Gasteiger partial charge in [-0.15, -0.1) is 10.2 Å². The molecule has 0 saturated carbocycles. The summed E-state index contributed by atoms with van der Waals surface area (Å²) in [4.78, 5) is 7.11. The van der Waals surface area contributed by atoms with Gasteiger partial charge in [-0.05, 0) is 46.9 Å². The standard InChI is InChI=1S/C27H28N6O/c1-3-5-18-33(27-28-23-12-8-9-13-25(23)34-27)24(4-2)20-16-14-19(15-17-20)21-10-6-7-11-22(21)26-29-31-32-30-26/h6-17,24H,3-5,18H2,1-2H3,(H,29,30,31,32). The molecule has 2 aromatic heterocycles. The maximum Gasteiger partial charge on any atom is 0.298 e. The number of anilines is 1. The molecule has 1 N–H and O–H groups in total. The number of nitrogens with zero attached hydrogens (tertiary/aromatic N) is 5. The summed E-state index contributed by atoms with van der Waals surface area (Å²) in [6, 6.07) is 25.7. The van der Waals surface area contributed by atoms with Crippen molar-refractivity contribution in [2.24, 2.45) is 0 Å². The Bertz CT molecular complexity index is 1310. The maximum atomic E-state index is 6.17. The number of benzene rings is 3. The Hall–Kier alpha value is -4.00. The van der Waals surface area contributed by atoms with Crippen LogP contribution in [-0.2, 0) is 0 Å². The van der Waals surface area contributed by atoms with Crippen molar-refractivity contribution in [3.8, 4) is 22.5 Å². The van der Waals surface area contributed by atoms with Gasteiger partial charge in [0.1, 0.15) is 5.52 Å². The second-order valence-electron chi connectivity index (χ2n) is 8.34.